The lowest BCUT2D eigenvalue weighted by Gasteiger charge is -2.17. The fourth-order valence-corrected chi connectivity index (χ4v) is 3.85. The lowest BCUT2D eigenvalue weighted by molar-refractivity contribution is -0.138. The van der Waals surface area contributed by atoms with Crippen molar-refractivity contribution < 1.29 is 19.4 Å². The average Bonchev–Trinajstić information content (AvgIpc) is 2.99. The van der Waals surface area contributed by atoms with Gasteiger partial charge in [0.25, 0.3) is 0 Å². The molecule has 2 N–H and O–H groups in total. The SMILES string of the molecule is N#CCSC[C@H](NC(=O)OCC1c2ccccc2-c2ccccc21)C(=O)O. The highest BCUT2D eigenvalue weighted by Gasteiger charge is 2.29. The topological polar surface area (TPSA) is 99.4 Å². The highest BCUT2D eigenvalue weighted by Crippen LogP contribution is 2.44. The van der Waals surface area contributed by atoms with Gasteiger partial charge < -0.3 is 15.2 Å². The molecule has 6 nitrogen and oxygen atoms in total. The molecule has 138 valence electrons. The molecule has 3 rings (SSSR count). The van der Waals surface area contributed by atoms with Crippen LogP contribution in [-0.2, 0) is 9.53 Å². The van der Waals surface area contributed by atoms with Crippen LogP contribution in [0.2, 0.25) is 0 Å². The Bertz CT molecular complexity index is 848. The number of carbonyl (C=O) groups is 2. The van der Waals surface area contributed by atoms with E-state index in [9.17, 15) is 14.7 Å². The zero-order valence-electron chi connectivity index (χ0n) is 14.4. The van der Waals surface area contributed by atoms with Gasteiger partial charge in [0.05, 0.1) is 11.8 Å². The van der Waals surface area contributed by atoms with Crippen LogP contribution >= 0.6 is 11.8 Å². The number of carboxylic acids is 1. The molecule has 1 aliphatic carbocycles. The van der Waals surface area contributed by atoms with Gasteiger partial charge in [-0.05, 0) is 22.3 Å². The minimum Gasteiger partial charge on any atom is -0.480 e. The minimum atomic E-state index is -1.16. The number of nitriles is 1. The predicted octanol–water partition coefficient (Wildman–Crippen LogP) is 3.24. The summed E-state index contributed by atoms with van der Waals surface area (Å²) in [5.41, 5.74) is 4.42. The molecule has 7 heteroatoms. The third-order valence-corrected chi connectivity index (χ3v) is 5.29. The molecule has 1 amide bonds. The molecule has 0 unspecified atom stereocenters. The summed E-state index contributed by atoms with van der Waals surface area (Å²) in [4.78, 5) is 23.4. The van der Waals surface area contributed by atoms with Gasteiger partial charge in [-0.2, -0.15) is 5.26 Å². The van der Waals surface area contributed by atoms with Gasteiger partial charge in [0.2, 0.25) is 0 Å². The van der Waals surface area contributed by atoms with E-state index in [0.717, 1.165) is 34.0 Å². The monoisotopic (exact) mass is 382 g/mol. The van der Waals surface area contributed by atoms with Gasteiger partial charge in [0.15, 0.2) is 0 Å². The molecule has 0 spiro atoms. The first-order valence-corrected chi connectivity index (χ1v) is 9.56. The molecule has 0 heterocycles. The molecule has 1 aliphatic rings. The first-order chi connectivity index (χ1) is 13.1. The van der Waals surface area contributed by atoms with E-state index < -0.39 is 18.1 Å². The highest BCUT2D eigenvalue weighted by atomic mass is 32.2. The van der Waals surface area contributed by atoms with Gasteiger partial charge in [-0.25, -0.2) is 9.59 Å². The predicted molar refractivity (Wildman–Crippen MR) is 103 cm³/mol. The lowest BCUT2D eigenvalue weighted by atomic mass is 9.98. The van der Waals surface area contributed by atoms with Crippen molar-refractivity contribution in [3.8, 4) is 17.2 Å². The fraction of sp³-hybridized carbons (Fsp3) is 0.250. The minimum absolute atomic E-state index is 0.0839. The first kappa shape index (κ1) is 18.8. The van der Waals surface area contributed by atoms with E-state index in [4.69, 9.17) is 10.00 Å². The zero-order chi connectivity index (χ0) is 19.2. The Hall–Kier alpha value is -2.98. The number of nitrogens with zero attached hydrogens (tertiary/aromatic N) is 1. The number of fused-ring (bicyclic) bond motifs is 3. The molecule has 1 atom stereocenters. The van der Waals surface area contributed by atoms with Crippen LogP contribution < -0.4 is 5.32 Å². The number of nitrogens with one attached hydrogen (secondary N) is 1. The molecular weight excluding hydrogens is 364 g/mol. The summed E-state index contributed by atoms with van der Waals surface area (Å²) < 4.78 is 5.34. The Morgan fingerprint density at radius 3 is 2.30 bits per heavy atom. The quantitative estimate of drug-likeness (QED) is 0.713. The van der Waals surface area contributed by atoms with Crippen LogP contribution in [-0.4, -0.2) is 41.3 Å². The molecule has 27 heavy (non-hydrogen) atoms. The second-order valence-corrected chi connectivity index (χ2v) is 7.06. The molecular formula is C20H18N2O4S. The standard InChI is InChI=1S/C20H18N2O4S/c21-9-10-27-12-18(19(23)24)22-20(25)26-11-17-15-7-3-1-5-13(15)14-6-2-4-8-16(14)17/h1-8,17-18H,10-12H2,(H,22,25)(H,23,24)/t18-/m0/s1. The molecule has 0 aromatic heterocycles. The molecule has 0 aliphatic heterocycles. The Labute approximate surface area is 161 Å². The van der Waals surface area contributed by atoms with E-state index in [2.05, 4.69) is 5.32 Å². The number of rotatable bonds is 7. The molecule has 0 fully saturated rings. The Kier molecular flexibility index (Phi) is 5.99. The van der Waals surface area contributed by atoms with E-state index in [1.807, 2.05) is 54.6 Å². The van der Waals surface area contributed by atoms with Gasteiger partial charge in [0.1, 0.15) is 12.6 Å². The number of aliphatic carboxylic acids is 1. The van der Waals surface area contributed by atoms with Crippen molar-refractivity contribution in [2.45, 2.75) is 12.0 Å². The van der Waals surface area contributed by atoms with E-state index in [-0.39, 0.29) is 24.0 Å². The number of carboxylic acid groups (broad SMARTS) is 1. The maximum Gasteiger partial charge on any atom is 0.407 e. The van der Waals surface area contributed by atoms with Crippen molar-refractivity contribution in [2.75, 3.05) is 18.1 Å². The maximum atomic E-state index is 12.1. The summed E-state index contributed by atoms with van der Waals surface area (Å²) in [6.45, 7) is 0.123. The molecule has 0 radical (unpaired) electrons. The van der Waals surface area contributed by atoms with Crippen molar-refractivity contribution in [3.63, 3.8) is 0 Å². The molecule has 2 aromatic rings. The van der Waals surface area contributed by atoms with Crippen molar-refractivity contribution in [1.29, 1.82) is 5.26 Å². The van der Waals surface area contributed by atoms with Gasteiger partial charge in [-0.3, -0.25) is 0 Å². The molecule has 0 saturated carbocycles. The number of carbonyl (C=O) groups excluding carboxylic acids is 1. The fourth-order valence-electron chi connectivity index (χ4n) is 3.18. The Balaban J connectivity index is 1.65. The Morgan fingerprint density at radius 1 is 1.15 bits per heavy atom. The van der Waals surface area contributed by atoms with E-state index in [1.165, 1.54) is 0 Å². The number of thioether (sulfide) groups is 1. The largest absolute Gasteiger partial charge is 0.480 e. The highest BCUT2D eigenvalue weighted by molar-refractivity contribution is 7.99. The summed E-state index contributed by atoms with van der Waals surface area (Å²) in [6.07, 6.45) is -0.776. The number of ether oxygens (including phenoxy) is 1. The van der Waals surface area contributed by atoms with E-state index >= 15 is 0 Å². The van der Waals surface area contributed by atoms with Crippen LogP contribution in [0.4, 0.5) is 4.79 Å². The smallest absolute Gasteiger partial charge is 0.407 e. The van der Waals surface area contributed by atoms with Gasteiger partial charge in [0, 0.05) is 11.7 Å². The van der Waals surface area contributed by atoms with Crippen LogP contribution in [0.5, 0.6) is 0 Å². The van der Waals surface area contributed by atoms with Crippen molar-refractivity contribution in [2.24, 2.45) is 0 Å². The maximum absolute atomic E-state index is 12.1. The number of amides is 1. The molecule has 0 bridgehead atoms. The van der Waals surface area contributed by atoms with Crippen LogP contribution in [0, 0.1) is 11.3 Å². The van der Waals surface area contributed by atoms with E-state index in [1.54, 1.807) is 0 Å². The normalized spacial score (nSPS) is 13.1. The van der Waals surface area contributed by atoms with Gasteiger partial charge in [-0.1, -0.05) is 48.5 Å². The van der Waals surface area contributed by atoms with Crippen molar-refractivity contribution >= 4 is 23.8 Å². The van der Waals surface area contributed by atoms with Crippen molar-refractivity contribution in [3.05, 3.63) is 59.7 Å². The third-order valence-electron chi connectivity index (χ3n) is 4.38. The zero-order valence-corrected chi connectivity index (χ0v) is 15.2. The van der Waals surface area contributed by atoms with Gasteiger partial charge >= 0.3 is 12.1 Å². The Morgan fingerprint density at radius 2 is 1.74 bits per heavy atom. The van der Waals surface area contributed by atoms with Crippen LogP contribution in [0.15, 0.2) is 48.5 Å². The third kappa shape index (κ3) is 4.23. The van der Waals surface area contributed by atoms with Crippen LogP contribution in [0.3, 0.4) is 0 Å². The first-order valence-electron chi connectivity index (χ1n) is 8.41. The number of hydrogen-bond donors (Lipinski definition) is 2. The molecule has 2 aromatic carbocycles. The molecule has 0 saturated heterocycles. The summed E-state index contributed by atoms with van der Waals surface area (Å²) >= 11 is 1.14. The summed E-state index contributed by atoms with van der Waals surface area (Å²) in [7, 11) is 0. The number of hydrogen-bond acceptors (Lipinski definition) is 5. The second-order valence-electron chi connectivity index (χ2n) is 6.03. The van der Waals surface area contributed by atoms with E-state index in [0.29, 0.717) is 0 Å². The number of benzene rings is 2. The number of alkyl carbamates (subject to hydrolysis) is 1. The lowest BCUT2D eigenvalue weighted by Crippen LogP contribution is -2.43. The van der Waals surface area contributed by atoms with Gasteiger partial charge in [-0.15, -0.1) is 11.8 Å². The summed E-state index contributed by atoms with van der Waals surface area (Å²) in [5, 5.41) is 20.1. The average molecular weight is 382 g/mol. The van der Waals surface area contributed by atoms with Crippen LogP contribution in [0.1, 0.15) is 17.0 Å². The summed E-state index contributed by atoms with van der Waals surface area (Å²) in [5.74, 6) is -0.975. The second kappa shape index (κ2) is 8.60. The summed E-state index contributed by atoms with van der Waals surface area (Å²) in [6, 6.07) is 16.8. The van der Waals surface area contributed by atoms with Crippen LogP contribution in [0.25, 0.3) is 11.1 Å². The van der Waals surface area contributed by atoms with Crippen molar-refractivity contribution in [1.82, 2.24) is 5.32 Å².